The van der Waals surface area contributed by atoms with Crippen molar-refractivity contribution in [2.45, 2.75) is 6.42 Å². The van der Waals surface area contributed by atoms with Gasteiger partial charge >= 0.3 is 12.0 Å². The van der Waals surface area contributed by atoms with Gasteiger partial charge in [0.05, 0.1) is 11.3 Å². The Morgan fingerprint density at radius 1 is 1.45 bits per heavy atom. The maximum atomic E-state index is 13.5. The number of amides is 2. The second kappa shape index (κ2) is 7.44. The molecule has 0 aliphatic heterocycles. The fourth-order valence-electron chi connectivity index (χ4n) is 1.51. The normalized spacial score (nSPS) is 10.2. The average Bonchev–Trinajstić information content (AvgIpc) is 2.41. The van der Waals surface area contributed by atoms with Crippen molar-refractivity contribution < 1.29 is 23.8 Å². The Labute approximate surface area is 116 Å². The summed E-state index contributed by atoms with van der Waals surface area (Å²) in [6.45, 7) is 0.959. The first-order valence-corrected chi connectivity index (χ1v) is 5.99. The van der Waals surface area contributed by atoms with Crippen molar-refractivity contribution in [3.63, 3.8) is 0 Å². The average molecular weight is 284 g/mol. The van der Waals surface area contributed by atoms with E-state index < -0.39 is 17.8 Å². The number of carboxylic acid groups (broad SMARTS) is 1. The third-order valence-electron chi connectivity index (χ3n) is 2.64. The number of nitrogens with one attached hydrogen (secondary N) is 1. The lowest BCUT2D eigenvalue weighted by atomic mass is 10.2. The Morgan fingerprint density at radius 2 is 2.15 bits per heavy atom. The maximum absolute atomic E-state index is 13.5. The third kappa shape index (κ3) is 4.51. The van der Waals surface area contributed by atoms with E-state index in [4.69, 9.17) is 9.84 Å². The topological polar surface area (TPSA) is 78.9 Å². The van der Waals surface area contributed by atoms with Gasteiger partial charge in [-0.25, -0.2) is 14.0 Å². The third-order valence-corrected chi connectivity index (χ3v) is 2.64. The van der Waals surface area contributed by atoms with Gasteiger partial charge in [-0.2, -0.15) is 0 Å². The lowest BCUT2D eigenvalue weighted by Crippen LogP contribution is -2.32. The smallest absolute Gasteiger partial charge is 0.335 e. The summed E-state index contributed by atoms with van der Waals surface area (Å²) in [6, 6.07) is 2.71. The predicted octanol–water partition coefficient (Wildman–Crippen LogP) is 2.02. The molecule has 0 spiro atoms. The van der Waals surface area contributed by atoms with Crippen LogP contribution in [0.3, 0.4) is 0 Å². The molecule has 110 valence electrons. The van der Waals surface area contributed by atoms with E-state index in [0.717, 1.165) is 18.2 Å². The van der Waals surface area contributed by atoms with E-state index >= 15 is 0 Å². The molecule has 0 fully saturated rings. The zero-order valence-electron chi connectivity index (χ0n) is 11.4. The van der Waals surface area contributed by atoms with Crippen molar-refractivity contribution in [1.29, 1.82) is 0 Å². The second-order valence-electron chi connectivity index (χ2n) is 4.20. The monoisotopic (exact) mass is 284 g/mol. The molecule has 1 aromatic rings. The van der Waals surface area contributed by atoms with Crippen LogP contribution in [-0.4, -0.2) is 49.3 Å². The number of benzene rings is 1. The molecule has 0 bridgehead atoms. The molecule has 0 aliphatic rings. The van der Waals surface area contributed by atoms with Gasteiger partial charge in [0.1, 0.15) is 5.82 Å². The van der Waals surface area contributed by atoms with Crippen LogP contribution in [0.2, 0.25) is 0 Å². The van der Waals surface area contributed by atoms with Gasteiger partial charge in [-0.3, -0.25) is 0 Å². The van der Waals surface area contributed by atoms with Crippen molar-refractivity contribution in [3.05, 3.63) is 29.6 Å². The standard InChI is InChI=1S/C13H17FN2O4/c1-16(6-3-7-20-2)13(19)15-11-8-9(12(17)18)4-5-10(11)14/h4-5,8H,3,6-7H2,1-2H3,(H,15,19)(H,17,18). The van der Waals surface area contributed by atoms with Crippen LogP contribution in [-0.2, 0) is 4.74 Å². The predicted molar refractivity (Wildman–Crippen MR) is 71.5 cm³/mol. The van der Waals surface area contributed by atoms with Gasteiger partial charge in [0.2, 0.25) is 0 Å². The highest BCUT2D eigenvalue weighted by Gasteiger charge is 2.13. The lowest BCUT2D eigenvalue weighted by molar-refractivity contribution is 0.0697. The summed E-state index contributed by atoms with van der Waals surface area (Å²) >= 11 is 0. The van der Waals surface area contributed by atoms with Crippen LogP contribution in [0.5, 0.6) is 0 Å². The number of ether oxygens (including phenoxy) is 1. The van der Waals surface area contributed by atoms with Crippen molar-refractivity contribution in [1.82, 2.24) is 4.90 Å². The molecular formula is C13H17FN2O4. The van der Waals surface area contributed by atoms with Crippen LogP contribution in [0.1, 0.15) is 16.8 Å². The minimum atomic E-state index is -1.19. The second-order valence-corrected chi connectivity index (χ2v) is 4.20. The van der Waals surface area contributed by atoms with Crippen LogP contribution in [0.4, 0.5) is 14.9 Å². The number of anilines is 1. The van der Waals surface area contributed by atoms with Crippen molar-refractivity contribution in [2.24, 2.45) is 0 Å². The molecule has 6 nitrogen and oxygen atoms in total. The van der Waals surface area contributed by atoms with Gasteiger partial charge in [-0.15, -0.1) is 0 Å². The number of nitrogens with zero attached hydrogens (tertiary/aromatic N) is 1. The van der Waals surface area contributed by atoms with E-state index in [-0.39, 0.29) is 11.3 Å². The summed E-state index contributed by atoms with van der Waals surface area (Å²) in [5, 5.41) is 11.2. The molecule has 0 aromatic heterocycles. The molecule has 7 heteroatoms. The number of hydrogen-bond acceptors (Lipinski definition) is 3. The SMILES string of the molecule is COCCCN(C)C(=O)Nc1cc(C(=O)O)ccc1F. The number of carbonyl (C=O) groups is 2. The fourth-order valence-corrected chi connectivity index (χ4v) is 1.51. The molecular weight excluding hydrogens is 267 g/mol. The van der Waals surface area contributed by atoms with Crippen molar-refractivity contribution >= 4 is 17.7 Å². The van der Waals surface area contributed by atoms with Gasteiger partial charge < -0.3 is 20.1 Å². The first-order valence-electron chi connectivity index (χ1n) is 5.99. The van der Waals surface area contributed by atoms with Gasteiger partial charge in [0.15, 0.2) is 0 Å². The van der Waals surface area contributed by atoms with E-state index in [1.807, 2.05) is 0 Å². The van der Waals surface area contributed by atoms with Crippen molar-refractivity contribution in [2.75, 3.05) is 32.6 Å². The zero-order chi connectivity index (χ0) is 15.1. The molecule has 0 atom stereocenters. The first kappa shape index (κ1) is 15.9. The number of rotatable bonds is 6. The van der Waals surface area contributed by atoms with E-state index in [9.17, 15) is 14.0 Å². The maximum Gasteiger partial charge on any atom is 0.335 e. The Balaban J connectivity index is 2.69. The number of hydrogen-bond donors (Lipinski definition) is 2. The minimum Gasteiger partial charge on any atom is -0.478 e. The van der Waals surface area contributed by atoms with E-state index in [2.05, 4.69) is 5.32 Å². The Bertz CT molecular complexity index is 493. The molecule has 2 N–H and O–H groups in total. The summed E-state index contributed by atoms with van der Waals surface area (Å²) in [5.41, 5.74) is -0.253. The summed E-state index contributed by atoms with van der Waals surface area (Å²) in [6.07, 6.45) is 0.651. The quantitative estimate of drug-likeness (QED) is 0.783. The Hall–Kier alpha value is -2.15. The summed E-state index contributed by atoms with van der Waals surface area (Å²) < 4.78 is 18.4. The lowest BCUT2D eigenvalue weighted by Gasteiger charge is -2.18. The largest absolute Gasteiger partial charge is 0.478 e. The van der Waals surface area contributed by atoms with Crippen LogP contribution >= 0.6 is 0 Å². The van der Waals surface area contributed by atoms with Gasteiger partial charge in [0, 0.05) is 27.3 Å². The van der Waals surface area contributed by atoms with Gasteiger partial charge in [0.25, 0.3) is 0 Å². The zero-order valence-corrected chi connectivity index (χ0v) is 11.4. The Kier molecular flexibility index (Phi) is 5.92. The summed E-state index contributed by atoms with van der Waals surface area (Å²) in [4.78, 5) is 24.0. The number of urea groups is 1. The Morgan fingerprint density at radius 3 is 2.75 bits per heavy atom. The number of methoxy groups -OCH3 is 1. The van der Waals surface area contributed by atoms with Crippen molar-refractivity contribution in [3.8, 4) is 0 Å². The molecule has 0 unspecified atom stereocenters. The van der Waals surface area contributed by atoms with Crippen LogP contribution < -0.4 is 5.32 Å². The van der Waals surface area contributed by atoms with Crippen LogP contribution in [0, 0.1) is 5.82 Å². The van der Waals surface area contributed by atoms with Crippen LogP contribution in [0.25, 0.3) is 0 Å². The minimum absolute atomic E-state index is 0.0938. The number of aromatic carboxylic acids is 1. The fraction of sp³-hybridized carbons (Fsp3) is 0.385. The number of carbonyl (C=O) groups excluding carboxylic acids is 1. The number of carboxylic acids is 1. The highest BCUT2D eigenvalue weighted by molar-refractivity contribution is 5.93. The molecule has 0 saturated carbocycles. The van der Waals surface area contributed by atoms with Gasteiger partial charge in [-0.05, 0) is 24.6 Å². The summed E-state index contributed by atoms with van der Waals surface area (Å²) in [7, 11) is 3.12. The van der Waals surface area contributed by atoms with E-state index in [1.54, 1.807) is 14.2 Å². The van der Waals surface area contributed by atoms with Crippen LogP contribution in [0.15, 0.2) is 18.2 Å². The molecule has 0 saturated heterocycles. The highest BCUT2D eigenvalue weighted by Crippen LogP contribution is 2.16. The number of halogens is 1. The summed E-state index contributed by atoms with van der Waals surface area (Å²) in [5.74, 6) is -1.87. The van der Waals surface area contributed by atoms with Gasteiger partial charge in [-0.1, -0.05) is 0 Å². The van der Waals surface area contributed by atoms with E-state index in [1.165, 1.54) is 4.90 Å². The molecule has 0 heterocycles. The molecule has 2 amide bonds. The van der Waals surface area contributed by atoms with E-state index in [0.29, 0.717) is 19.6 Å². The highest BCUT2D eigenvalue weighted by atomic mass is 19.1. The molecule has 1 aromatic carbocycles. The molecule has 1 rings (SSSR count). The first-order chi connectivity index (χ1) is 9.45. The molecule has 20 heavy (non-hydrogen) atoms. The molecule has 0 aliphatic carbocycles. The molecule has 0 radical (unpaired) electrons.